The Morgan fingerprint density at radius 2 is 1.13 bits per heavy atom. The zero-order chi connectivity index (χ0) is 38.4. The van der Waals surface area contributed by atoms with Crippen LogP contribution < -0.4 is 9.47 Å². The van der Waals surface area contributed by atoms with Gasteiger partial charge in [0.25, 0.3) is 0 Å². The van der Waals surface area contributed by atoms with Crippen molar-refractivity contribution in [1.82, 2.24) is 9.97 Å². The summed E-state index contributed by atoms with van der Waals surface area (Å²) in [6.07, 6.45) is 23.2. The molecule has 2 aromatic heterocycles. The van der Waals surface area contributed by atoms with Crippen molar-refractivity contribution in [3.8, 4) is 34.4 Å². The van der Waals surface area contributed by atoms with Gasteiger partial charge in [0.2, 0.25) is 11.8 Å². The summed E-state index contributed by atoms with van der Waals surface area (Å²) in [5.41, 5.74) is 7.73. The predicted molar refractivity (Wildman–Crippen MR) is 228 cm³/mol. The van der Waals surface area contributed by atoms with E-state index in [0.717, 1.165) is 83.7 Å². The Morgan fingerprint density at radius 1 is 0.600 bits per heavy atom. The number of benzene rings is 3. The van der Waals surface area contributed by atoms with Gasteiger partial charge in [-0.15, -0.1) is 0 Å². The molecule has 2 unspecified atom stereocenters. The van der Waals surface area contributed by atoms with E-state index in [4.69, 9.17) is 28.3 Å². The van der Waals surface area contributed by atoms with Gasteiger partial charge in [-0.2, -0.15) is 0 Å². The van der Waals surface area contributed by atoms with Crippen LogP contribution >= 0.6 is 0 Å². The van der Waals surface area contributed by atoms with Gasteiger partial charge in [-0.3, -0.25) is 0 Å². The van der Waals surface area contributed by atoms with Gasteiger partial charge >= 0.3 is 0 Å². The molecule has 5 aromatic rings. The van der Waals surface area contributed by atoms with Crippen molar-refractivity contribution in [2.45, 2.75) is 163 Å². The quantitative estimate of drug-likeness (QED) is 0.0620. The molecule has 6 rings (SSSR count). The molecular formula is C49H68N2O4. The van der Waals surface area contributed by atoms with Gasteiger partial charge in [0.05, 0.1) is 13.2 Å². The lowest BCUT2D eigenvalue weighted by Crippen LogP contribution is -2.13. The third kappa shape index (κ3) is 11.0. The molecule has 3 aromatic carbocycles. The van der Waals surface area contributed by atoms with Crippen LogP contribution in [0.3, 0.4) is 0 Å². The van der Waals surface area contributed by atoms with Crippen LogP contribution in [0, 0.1) is 11.8 Å². The van der Waals surface area contributed by atoms with Crippen LogP contribution in [0.2, 0.25) is 0 Å². The monoisotopic (exact) mass is 749 g/mol. The lowest BCUT2D eigenvalue weighted by atomic mass is 9.83. The first kappa shape index (κ1) is 40.9. The Morgan fingerprint density at radius 3 is 1.69 bits per heavy atom. The van der Waals surface area contributed by atoms with E-state index in [1.165, 1.54) is 107 Å². The Balaban J connectivity index is 1.22. The first-order valence-electron chi connectivity index (χ1n) is 22.3. The summed E-state index contributed by atoms with van der Waals surface area (Å²) in [5.74, 6) is 4.83. The number of hydrogen-bond acceptors (Lipinski definition) is 6. The Hall–Kier alpha value is -3.80. The van der Waals surface area contributed by atoms with Crippen molar-refractivity contribution in [3.05, 3.63) is 59.7 Å². The highest BCUT2D eigenvalue weighted by Gasteiger charge is 2.23. The van der Waals surface area contributed by atoms with Crippen LogP contribution in [0.4, 0.5) is 0 Å². The van der Waals surface area contributed by atoms with Gasteiger partial charge in [-0.25, -0.2) is 9.97 Å². The van der Waals surface area contributed by atoms with Gasteiger partial charge < -0.3 is 18.3 Å². The highest BCUT2D eigenvalue weighted by atomic mass is 16.5. The summed E-state index contributed by atoms with van der Waals surface area (Å²) < 4.78 is 26.0. The zero-order valence-corrected chi connectivity index (χ0v) is 34.7. The van der Waals surface area contributed by atoms with Gasteiger partial charge in [0.1, 0.15) is 22.5 Å². The number of unbranched alkanes of at least 4 members (excludes halogenated alkanes) is 6. The predicted octanol–water partition coefficient (Wildman–Crippen LogP) is 15.1. The number of fused-ring (bicyclic) bond motifs is 2. The van der Waals surface area contributed by atoms with E-state index in [9.17, 15) is 0 Å². The molecule has 6 heteroatoms. The highest BCUT2D eigenvalue weighted by Crippen LogP contribution is 2.41. The van der Waals surface area contributed by atoms with Gasteiger partial charge in [0.15, 0.2) is 11.2 Å². The molecular weight excluding hydrogens is 681 g/mol. The maximum Gasteiger partial charge on any atom is 0.227 e. The second-order valence-electron chi connectivity index (χ2n) is 16.4. The van der Waals surface area contributed by atoms with Crippen LogP contribution in [0.5, 0.6) is 11.5 Å². The minimum Gasteiger partial charge on any atom is -0.493 e. The third-order valence-corrected chi connectivity index (χ3v) is 12.1. The topological polar surface area (TPSA) is 70.5 Å². The summed E-state index contributed by atoms with van der Waals surface area (Å²) in [4.78, 5) is 9.98. The first-order valence-corrected chi connectivity index (χ1v) is 22.3. The van der Waals surface area contributed by atoms with Crippen molar-refractivity contribution in [2.75, 3.05) is 13.2 Å². The fourth-order valence-electron chi connectivity index (χ4n) is 8.29. The molecule has 0 saturated heterocycles. The van der Waals surface area contributed by atoms with Crippen molar-refractivity contribution < 1.29 is 18.3 Å². The fourth-order valence-corrected chi connectivity index (χ4v) is 8.29. The summed E-state index contributed by atoms with van der Waals surface area (Å²) in [6, 6.07) is 16.9. The number of aryl methyl sites for hydroxylation is 1. The Kier molecular flexibility index (Phi) is 15.5. The van der Waals surface area contributed by atoms with E-state index < -0.39 is 0 Å². The van der Waals surface area contributed by atoms with Gasteiger partial charge in [-0.05, 0) is 104 Å². The maximum absolute atomic E-state index is 6.63. The molecule has 0 spiro atoms. The molecule has 1 aliphatic carbocycles. The maximum atomic E-state index is 6.63. The van der Waals surface area contributed by atoms with E-state index in [0.29, 0.717) is 29.5 Å². The number of hydrogen-bond donors (Lipinski definition) is 0. The second-order valence-corrected chi connectivity index (χ2v) is 16.4. The van der Waals surface area contributed by atoms with Gasteiger partial charge in [0, 0.05) is 23.3 Å². The molecule has 0 radical (unpaired) electrons. The SMILES string of the molecule is CCCCCCCc1cc2nc(-c3ccc(-c4nc5cc(C6CCCCC6)c(OCC(CC)CCCC)cc5o4)cc3)oc2cc1OCC(CC)CCCC. The van der Waals surface area contributed by atoms with Crippen molar-refractivity contribution >= 4 is 22.2 Å². The number of rotatable bonds is 23. The van der Waals surface area contributed by atoms with Crippen molar-refractivity contribution in [3.63, 3.8) is 0 Å². The number of nitrogens with zero attached hydrogens (tertiary/aromatic N) is 2. The van der Waals surface area contributed by atoms with E-state index in [1.807, 2.05) is 0 Å². The van der Waals surface area contributed by atoms with Crippen LogP contribution in [0.15, 0.2) is 57.4 Å². The second kappa shape index (κ2) is 20.9. The Bertz CT molecular complexity index is 1880. The molecule has 1 aliphatic rings. The molecule has 1 saturated carbocycles. The highest BCUT2D eigenvalue weighted by molar-refractivity contribution is 5.81. The number of aromatic nitrogens is 2. The minimum atomic E-state index is 0.517. The molecule has 0 bridgehead atoms. The molecule has 0 aliphatic heterocycles. The normalized spacial score (nSPS) is 14.9. The lowest BCUT2D eigenvalue weighted by molar-refractivity contribution is 0.229. The molecule has 2 atom stereocenters. The molecule has 0 N–H and O–H groups in total. The summed E-state index contributed by atoms with van der Waals surface area (Å²) >= 11 is 0. The minimum absolute atomic E-state index is 0.517. The first-order chi connectivity index (χ1) is 27.0. The molecule has 0 amide bonds. The molecule has 2 heterocycles. The van der Waals surface area contributed by atoms with Crippen LogP contribution in [-0.2, 0) is 6.42 Å². The Labute approximate surface area is 331 Å². The van der Waals surface area contributed by atoms with E-state index in [2.05, 4.69) is 83.1 Å². The van der Waals surface area contributed by atoms with E-state index in [1.54, 1.807) is 0 Å². The summed E-state index contributed by atoms with van der Waals surface area (Å²) in [6.45, 7) is 12.9. The van der Waals surface area contributed by atoms with Crippen LogP contribution in [0.1, 0.15) is 167 Å². The number of ether oxygens (including phenoxy) is 2. The molecule has 298 valence electrons. The lowest BCUT2D eigenvalue weighted by Gasteiger charge is -2.25. The van der Waals surface area contributed by atoms with Crippen molar-refractivity contribution in [2.24, 2.45) is 11.8 Å². The van der Waals surface area contributed by atoms with Crippen molar-refractivity contribution in [1.29, 1.82) is 0 Å². The van der Waals surface area contributed by atoms with Crippen LogP contribution in [-0.4, -0.2) is 23.2 Å². The summed E-state index contributed by atoms with van der Waals surface area (Å²) in [7, 11) is 0. The zero-order valence-electron chi connectivity index (χ0n) is 34.7. The fraction of sp³-hybridized carbons (Fsp3) is 0.592. The largest absolute Gasteiger partial charge is 0.493 e. The molecule has 1 fully saturated rings. The number of oxazole rings is 2. The van der Waals surface area contributed by atoms with E-state index in [-0.39, 0.29) is 0 Å². The molecule has 55 heavy (non-hydrogen) atoms. The van der Waals surface area contributed by atoms with Crippen LogP contribution in [0.25, 0.3) is 45.1 Å². The standard InChI is InChI=1S/C49H68N2O4/c1-6-11-14-15-17-24-40-29-42-46(31-44(40)52-33-35(9-4)20-12-7-2)54-48(50-42)38-25-27-39(28-26-38)49-51-43-30-41(37-22-18-16-19-23-37)45(32-47(43)55-49)53-34-36(10-5)21-13-8-3/h25-32,35-37H,6-24,33-34H2,1-5H3. The molecule has 6 nitrogen and oxygen atoms in total. The third-order valence-electron chi connectivity index (χ3n) is 12.1. The van der Waals surface area contributed by atoms with E-state index >= 15 is 0 Å². The van der Waals surface area contributed by atoms with Gasteiger partial charge in [-0.1, -0.05) is 118 Å². The average Bonchev–Trinajstić information content (AvgIpc) is 3.84. The average molecular weight is 749 g/mol. The summed E-state index contributed by atoms with van der Waals surface area (Å²) in [5, 5.41) is 0. The smallest absolute Gasteiger partial charge is 0.227 e.